The van der Waals surface area contributed by atoms with E-state index in [0.717, 1.165) is 5.56 Å². The largest absolute Gasteiger partial charge is 0.454 e. The molecule has 1 aromatic carbocycles. The van der Waals surface area contributed by atoms with Crippen molar-refractivity contribution in [3.05, 3.63) is 23.8 Å². The first-order valence-electron chi connectivity index (χ1n) is 7.55. The Labute approximate surface area is 135 Å². The minimum Gasteiger partial charge on any atom is -0.454 e. The van der Waals surface area contributed by atoms with Crippen molar-refractivity contribution in [3.63, 3.8) is 0 Å². The normalized spacial score (nSPS) is 18.7. The van der Waals surface area contributed by atoms with Crippen LogP contribution in [0.2, 0.25) is 0 Å². The fraction of sp³-hybridized carbons (Fsp3) is 0.533. The third-order valence-electron chi connectivity index (χ3n) is 4.07. The van der Waals surface area contributed by atoms with Gasteiger partial charge in [0, 0.05) is 26.2 Å². The molecule has 0 unspecified atom stereocenters. The molecule has 23 heavy (non-hydrogen) atoms. The number of hydrogen-bond acceptors (Lipinski definition) is 5. The van der Waals surface area contributed by atoms with Gasteiger partial charge >= 0.3 is 0 Å². The summed E-state index contributed by atoms with van der Waals surface area (Å²) in [7, 11) is -3.20. The van der Waals surface area contributed by atoms with E-state index >= 15 is 0 Å². The van der Waals surface area contributed by atoms with Crippen LogP contribution in [0.25, 0.3) is 0 Å². The maximum atomic E-state index is 12.5. The zero-order valence-corrected chi connectivity index (χ0v) is 13.8. The Morgan fingerprint density at radius 2 is 1.91 bits per heavy atom. The molecule has 0 aromatic heterocycles. The summed E-state index contributed by atoms with van der Waals surface area (Å²) < 4.78 is 35.2. The number of nitrogens with zero attached hydrogens (tertiary/aromatic N) is 2. The molecule has 0 bridgehead atoms. The highest BCUT2D eigenvalue weighted by Gasteiger charge is 2.24. The topological polar surface area (TPSA) is 76.2 Å². The second-order valence-corrected chi connectivity index (χ2v) is 7.74. The molecule has 0 aliphatic carbocycles. The molecule has 0 spiro atoms. The Balaban J connectivity index is 1.62. The van der Waals surface area contributed by atoms with Crippen LogP contribution in [0.5, 0.6) is 11.5 Å². The van der Waals surface area contributed by atoms with E-state index in [1.807, 2.05) is 12.1 Å². The minimum atomic E-state index is -3.20. The molecular weight excluding hydrogens is 320 g/mol. The van der Waals surface area contributed by atoms with Crippen molar-refractivity contribution >= 4 is 15.9 Å². The zero-order valence-electron chi connectivity index (χ0n) is 13.0. The number of fused-ring (bicyclic) bond motifs is 1. The highest BCUT2D eigenvalue weighted by atomic mass is 32.2. The predicted molar refractivity (Wildman–Crippen MR) is 83.9 cm³/mol. The third kappa shape index (κ3) is 3.76. The number of rotatable bonds is 3. The highest BCUT2D eigenvalue weighted by molar-refractivity contribution is 7.88. The van der Waals surface area contributed by atoms with Crippen molar-refractivity contribution in [1.82, 2.24) is 9.21 Å². The summed E-state index contributed by atoms with van der Waals surface area (Å²) in [6.45, 7) is 2.03. The standard InChI is InChI=1S/C15H20N2O5S/c1-23(19,20)17-6-2-5-16(7-8-17)15(18)10-12-3-4-13-14(9-12)22-11-21-13/h3-4,9H,2,5-8,10-11H2,1H3. The summed E-state index contributed by atoms with van der Waals surface area (Å²) in [5, 5.41) is 0. The Hall–Kier alpha value is -1.80. The van der Waals surface area contributed by atoms with Crippen LogP contribution in [0.3, 0.4) is 0 Å². The first kappa shape index (κ1) is 16.1. The van der Waals surface area contributed by atoms with Gasteiger partial charge < -0.3 is 14.4 Å². The summed E-state index contributed by atoms with van der Waals surface area (Å²) in [4.78, 5) is 14.2. The SMILES string of the molecule is CS(=O)(=O)N1CCCN(C(=O)Cc2ccc3c(c2)OCO3)CC1. The van der Waals surface area contributed by atoms with Crippen molar-refractivity contribution in [2.75, 3.05) is 39.2 Å². The van der Waals surface area contributed by atoms with E-state index < -0.39 is 10.0 Å². The fourth-order valence-corrected chi connectivity index (χ4v) is 3.69. The van der Waals surface area contributed by atoms with E-state index in [4.69, 9.17) is 9.47 Å². The average Bonchev–Trinajstić information content (AvgIpc) is 2.79. The molecule has 0 N–H and O–H groups in total. The van der Waals surface area contributed by atoms with Gasteiger partial charge in [-0.15, -0.1) is 0 Å². The van der Waals surface area contributed by atoms with Crippen molar-refractivity contribution in [3.8, 4) is 11.5 Å². The van der Waals surface area contributed by atoms with E-state index in [1.54, 1.807) is 11.0 Å². The van der Waals surface area contributed by atoms with Gasteiger partial charge in [-0.05, 0) is 24.1 Å². The van der Waals surface area contributed by atoms with Gasteiger partial charge in [0.2, 0.25) is 22.7 Å². The minimum absolute atomic E-state index is 0.000726. The molecule has 2 aliphatic heterocycles. The fourth-order valence-electron chi connectivity index (χ4n) is 2.81. The van der Waals surface area contributed by atoms with E-state index in [-0.39, 0.29) is 19.1 Å². The van der Waals surface area contributed by atoms with Crippen LogP contribution in [0.15, 0.2) is 18.2 Å². The van der Waals surface area contributed by atoms with Gasteiger partial charge in [0.25, 0.3) is 0 Å². The first-order valence-corrected chi connectivity index (χ1v) is 9.40. The molecule has 0 radical (unpaired) electrons. The molecule has 126 valence electrons. The Kier molecular flexibility index (Phi) is 4.45. The van der Waals surface area contributed by atoms with Gasteiger partial charge in [-0.25, -0.2) is 12.7 Å². The molecule has 1 aromatic rings. The van der Waals surface area contributed by atoms with Crippen molar-refractivity contribution in [1.29, 1.82) is 0 Å². The Morgan fingerprint density at radius 3 is 2.70 bits per heavy atom. The molecule has 0 saturated carbocycles. The number of hydrogen-bond donors (Lipinski definition) is 0. The smallest absolute Gasteiger partial charge is 0.231 e. The number of carbonyl (C=O) groups excluding carboxylic acids is 1. The Bertz CT molecular complexity index is 704. The number of carbonyl (C=O) groups is 1. The molecular formula is C15H20N2O5S. The zero-order chi connectivity index (χ0) is 16.4. The average molecular weight is 340 g/mol. The lowest BCUT2D eigenvalue weighted by molar-refractivity contribution is -0.130. The maximum Gasteiger partial charge on any atom is 0.231 e. The molecule has 1 amide bonds. The lowest BCUT2D eigenvalue weighted by Gasteiger charge is -2.21. The van der Waals surface area contributed by atoms with E-state index in [2.05, 4.69) is 0 Å². The third-order valence-corrected chi connectivity index (χ3v) is 5.37. The van der Waals surface area contributed by atoms with Crippen LogP contribution < -0.4 is 9.47 Å². The van der Waals surface area contributed by atoms with Crippen molar-refractivity contribution in [2.24, 2.45) is 0 Å². The van der Waals surface area contributed by atoms with E-state index in [1.165, 1.54) is 10.6 Å². The van der Waals surface area contributed by atoms with Gasteiger partial charge in [-0.3, -0.25) is 4.79 Å². The number of sulfonamides is 1. The lowest BCUT2D eigenvalue weighted by Crippen LogP contribution is -2.37. The summed E-state index contributed by atoms with van der Waals surface area (Å²) >= 11 is 0. The predicted octanol–water partition coefficient (Wildman–Crippen LogP) is 0.452. The van der Waals surface area contributed by atoms with Gasteiger partial charge in [0.15, 0.2) is 11.5 Å². The molecule has 7 nitrogen and oxygen atoms in total. The second kappa shape index (κ2) is 6.37. The summed E-state index contributed by atoms with van der Waals surface area (Å²) in [6, 6.07) is 5.48. The second-order valence-electron chi connectivity index (χ2n) is 5.76. The molecule has 2 heterocycles. The highest BCUT2D eigenvalue weighted by Crippen LogP contribution is 2.32. The molecule has 1 fully saturated rings. The molecule has 2 aliphatic rings. The molecule has 3 rings (SSSR count). The van der Waals surface area contributed by atoms with Crippen LogP contribution in [0, 0.1) is 0 Å². The van der Waals surface area contributed by atoms with Crippen LogP contribution in [-0.2, 0) is 21.2 Å². The Morgan fingerprint density at radius 1 is 1.13 bits per heavy atom. The maximum absolute atomic E-state index is 12.5. The van der Waals surface area contributed by atoms with Crippen LogP contribution in [-0.4, -0.2) is 62.8 Å². The number of ether oxygens (including phenoxy) is 2. The summed E-state index contributed by atoms with van der Waals surface area (Å²) in [5.74, 6) is 1.35. The van der Waals surface area contributed by atoms with E-state index in [9.17, 15) is 13.2 Å². The van der Waals surface area contributed by atoms with Gasteiger partial charge in [0.05, 0.1) is 12.7 Å². The van der Waals surface area contributed by atoms with E-state index in [0.29, 0.717) is 44.1 Å². The van der Waals surface area contributed by atoms with Crippen molar-refractivity contribution < 1.29 is 22.7 Å². The van der Waals surface area contributed by atoms with Crippen LogP contribution in [0.4, 0.5) is 0 Å². The molecule has 0 atom stereocenters. The molecule has 8 heteroatoms. The van der Waals surface area contributed by atoms with Crippen LogP contribution >= 0.6 is 0 Å². The molecule has 1 saturated heterocycles. The van der Waals surface area contributed by atoms with Crippen LogP contribution in [0.1, 0.15) is 12.0 Å². The summed E-state index contributed by atoms with van der Waals surface area (Å²) in [6.07, 6.45) is 2.13. The van der Waals surface area contributed by atoms with Gasteiger partial charge in [-0.2, -0.15) is 0 Å². The quantitative estimate of drug-likeness (QED) is 0.799. The monoisotopic (exact) mass is 340 g/mol. The van der Waals surface area contributed by atoms with Gasteiger partial charge in [-0.1, -0.05) is 6.07 Å². The summed E-state index contributed by atoms with van der Waals surface area (Å²) in [5.41, 5.74) is 0.864. The lowest BCUT2D eigenvalue weighted by atomic mass is 10.1. The van der Waals surface area contributed by atoms with Gasteiger partial charge in [0.1, 0.15) is 0 Å². The first-order chi connectivity index (χ1) is 10.9. The number of benzene rings is 1. The number of amides is 1. The van der Waals surface area contributed by atoms with Crippen molar-refractivity contribution in [2.45, 2.75) is 12.8 Å².